The van der Waals surface area contributed by atoms with E-state index < -0.39 is 5.54 Å². The van der Waals surface area contributed by atoms with Crippen molar-refractivity contribution in [3.05, 3.63) is 0 Å². The van der Waals surface area contributed by atoms with E-state index in [9.17, 15) is 4.79 Å². The fourth-order valence-corrected chi connectivity index (χ4v) is 1.54. The number of nitrogens with one attached hydrogen (secondary N) is 3. The molecule has 1 unspecified atom stereocenters. The maximum absolute atomic E-state index is 11.3. The van der Waals surface area contributed by atoms with Crippen molar-refractivity contribution in [2.45, 2.75) is 12.0 Å². The van der Waals surface area contributed by atoms with Crippen molar-refractivity contribution >= 4 is 11.6 Å². The molecule has 6 heteroatoms. The molecule has 2 aliphatic rings. The summed E-state index contributed by atoms with van der Waals surface area (Å²) in [7, 11) is 0. The van der Waals surface area contributed by atoms with Crippen LogP contribution in [0.3, 0.4) is 0 Å². The van der Waals surface area contributed by atoms with Crippen LogP contribution in [0.15, 0.2) is 5.10 Å². The third-order valence-corrected chi connectivity index (χ3v) is 2.33. The number of nitrogens with zero attached hydrogens (tertiary/aromatic N) is 1. The van der Waals surface area contributed by atoms with Crippen LogP contribution in [-0.2, 0) is 4.79 Å². The number of hydroxylamine groups is 1. The van der Waals surface area contributed by atoms with Crippen molar-refractivity contribution < 1.29 is 10.0 Å². The summed E-state index contributed by atoms with van der Waals surface area (Å²) in [4.78, 5) is 11.3. The molecule has 0 radical (unpaired) electrons. The Kier molecular flexibility index (Phi) is 1.60. The highest BCUT2D eigenvalue weighted by Crippen LogP contribution is 2.19. The van der Waals surface area contributed by atoms with Crippen molar-refractivity contribution in [2.24, 2.45) is 5.10 Å². The van der Waals surface area contributed by atoms with Gasteiger partial charge in [-0.05, 0) is 13.0 Å². The average Bonchev–Trinajstić information content (AvgIpc) is 2.45. The largest absolute Gasteiger partial charge is 0.315 e. The maximum Gasteiger partial charge on any atom is 0.268 e. The molecule has 0 spiro atoms. The first-order chi connectivity index (χ1) is 5.79. The van der Waals surface area contributed by atoms with Crippen molar-refractivity contribution in [2.75, 3.05) is 13.1 Å². The standard InChI is InChI=1S/C6H10N4O2/c11-5-6(10-12)1-2-7-3-4(6)8-9-5/h7,10,12H,1-3H2,(H,9,11). The third kappa shape index (κ3) is 0.795. The lowest BCUT2D eigenvalue weighted by Gasteiger charge is -2.30. The molecule has 2 rings (SSSR count). The number of amides is 1. The van der Waals surface area contributed by atoms with Crippen molar-refractivity contribution in [3.8, 4) is 0 Å². The van der Waals surface area contributed by atoms with Crippen LogP contribution in [0, 0.1) is 0 Å². The molecule has 4 N–H and O–H groups in total. The predicted octanol–water partition coefficient (Wildman–Crippen LogP) is -1.82. The third-order valence-electron chi connectivity index (χ3n) is 2.33. The lowest BCUT2D eigenvalue weighted by atomic mass is 9.87. The van der Waals surface area contributed by atoms with Crippen LogP contribution in [0.5, 0.6) is 0 Å². The van der Waals surface area contributed by atoms with E-state index in [4.69, 9.17) is 5.21 Å². The van der Waals surface area contributed by atoms with E-state index in [0.717, 1.165) is 0 Å². The van der Waals surface area contributed by atoms with Gasteiger partial charge in [-0.1, -0.05) is 0 Å². The van der Waals surface area contributed by atoms with Gasteiger partial charge >= 0.3 is 0 Å². The molecule has 2 heterocycles. The number of hydrogen-bond donors (Lipinski definition) is 4. The molecule has 0 aromatic heterocycles. The zero-order valence-corrected chi connectivity index (χ0v) is 6.42. The van der Waals surface area contributed by atoms with E-state index in [1.54, 1.807) is 0 Å². The summed E-state index contributed by atoms with van der Waals surface area (Å²) in [5.74, 6) is -0.276. The van der Waals surface area contributed by atoms with Gasteiger partial charge in [0.1, 0.15) is 0 Å². The van der Waals surface area contributed by atoms with Gasteiger partial charge in [0.15, 0.2) is 5.54 Å². The molecule has 2 aliphatic heterocycles. The Bertz CT molecular complexity index is 252. The van der Waals surface area contributed by atoms with Crippen molar-refractivity contribution in [1.29, 1.82) is 0 Å². The van der Waals surface area contributed by atoms with E-state index in [1.165, 1.54) is 0 Å². The summed E-state index contributed by atoms with van der Waals surface area (Å²) in [5.41, 5.74) is 4.05. The molecule has 0 aliphatic carbocycles. The monoisotopic (exact) mass is 170 g/mol. The molecule has 0 saturated carbocycles. The zero-order chi connectivity index (χ0) is 8.60. The van der Waals surface area contributed by atoms with Crippen LogP contribution >= 0.6 is 0 Å². The Hall–Kier alpha value is -0.980. The quantitative estimate of drug-likeness (QED) is 0.349. The van der Waals surface area contributed by atoms with Crippen LogP contribution in [0.4, 0.5) is 0 Å². The number of hydrogen-bond acceptors (Lipinski definition) is 5. The second-order valence-electron chi connectivity index (χ2n) is 2.94. The maximum atomic E-state index is 11.3. The molecule has 1 saturated heterocycles. The topological polar surface area (TPSA) is 85.8 Å². The van der Waals surface area contributed by atoms with Gasteiger partial charge in [-0.3, -0.25) is 4.79 Å². The Morgan fingerprint density at radius 2 is 2.50 bits per heavy atom. The summed E-state index contributed by atoms with van der Waals surface area (Å²) < 4.78 is 0. The molecular formula is C6H10N4O2. The van der Waals surface area contributed by atoms with Crippen LogP contribution in [0.2, 0.25) is 0 Å². The first kappa shape index (κ1) is 7.66. The fraction of sp³-hybridized carbons (Fsp3) is 0.667. The lowest BCUT2D eigenvalue weighted by Crippen LogP contribution is -2.62. The molecule has 0 bridgehead atoms. The molecule has 6 nitrogen and oxygen atoms in total. The summed E-state index contributed by atoms with van der Waals surface area (Å²) in [6.45, 7) is 1.23. The number of fused-ring (bicyclic) bond motifs is 1. The van der Waals surface area contributed by atoms with Gasteiger partial charge < -0.3 is 10.5 Å². The van der Waals surface area contributed by atoms with Gasteiger partial charge in [0.05, 0.1) is 5.71 Å². The van der Waals surface area contributed by atoms with E-state index in [-0.39, 0.29) is 5.91 Å². The minimum atomic E-state index is -0.967. The van der Waals surface area contributed by atoms with E-state index in [2.05, 4.69) is 15.8 Å². The van der Waals surface area contributed by atoms with Crippen molar-refractivity contribution in [3.63, 3.8) is 0 Å². The first-order valence-electron chi connectivity index (χ1n) is 3.79. The van der Waals surface area contributed by atoms with Crippen molar-refractivity contribution in [1.82, 2.24) is 16.2 Å². The average molecular weight is 170 g/mol. The van der Waals surface area contributed by atoms with Gasteiger partial charge in [0.2, 0.25) is 0 Å². The smallest absolute Gasteiger partial charge is 0.268 e. The van der Waals surface area contributed by atoms with Gasteiger partial charge in [-0.25, -0.2) is 5.43 Å². The minimum absolute atomic E-state index is 0.276. The fourth-order valence-electron chi connectivity index (χ4n) is 1.54. The predicted molar refractivity (Wildman–Crippen MR) is 40.7 cm³/mol. The second kappa shape index (κ2) is 2.51. The highest BCUT2D eigenvalue weighted by Gasteiger charge is 2.48. The molecule has 0 aromatic rings. The second-order valence-corrected chi connectivity index (χ2v) is 2.94. The van der Waals surface area contributed by atoms with E-state index in [0.29, 0.717) is 25.2 Å². The number of carbonyl (C=O) groups is 1. The number of rotatable bonds is 1. The molecule has 12 heavy (non-hydrogen) atoms. The summed E-state index contributed by atoms with van der Waals surface area (Å²) in [6.07, 6.45) is 0.522. The first-order valence-corrected chi connectivity index (χ1v) is 3.79. The normalized spacial score (nSPS) is 34.1. The lowest BCUT2D eigenvalue weighted by molar-refractivity contribution is -0.127. The number of piperidine rings is 1. The highest BCUT2D eigenvalue weighted by molar-refractivity contribution is 6.17. The number of hydrazone groups is 1. The molecule has 1 fully saturated rings. The Morgan fingerprint density at radius 3 is 3.17 bits per heavy atom. The van der Waals surface area contributed by atoms with Gasteiger partial charge in [-0.15, -0.1) is 0 Å². The van der Waals surface area contributed by atoms with Crippen LogP contribution in [0.25, 0.3) is 0 Å². The zero-order valence-electron chi connectivity index (χ0n) is 6.42. The minimum Gasteiger partial charge on any atom is -0.315 e. The Labute approximate surface area is 69.0 Å². The van der Waals surface area contributed by atoms with Crippen LogP contribution in [-0.4, -0.2) is 35.5 Å². The summed E-state index contributed by atoms with van der Waals surface area (Å²) >= 11 is 0. The Morgan fingerprint density at radius 1 is 1.67 bits per heavy atom. The molecule has 66 valence electrons. The van der Waals surface area contributed by atoms with E-state index in [1.807, 2.05) is 5.48 Å². The summed E-state index contributed by atoms with van der Waals surface area (Å²) in [5, 5.41) is 15.8. The number of carbonyl (C=O) groups excluding carboxylic acids is 1. The van der Waals surface area contributed by atoms with Gasteiger partial charge in [0.25, 0.3) is 5.91 Å². The molecule has 1 amide bonds. The highest BCUT2D eigenvalue weighted by atomic mass is 16.5. The van der Waals surface area contributed by atoms with Crippen LogP contribution < -0.4 is 16.2 Å². The van der Waals surface area contributed by atoms with E-state index >= 15 is 0 Å². The molecular weight excluding hydrogens is 160 g/mol. The van der Waals surface area contributed by atoms with Gasteiger partial charge in [0, 0.05) is 6.54 Å². The van der Waals surface area contributed by atoms with Crippen LogP contribution in [0.1, 0.15) is 6.42 Å². The molecule has 1 atom stereocenters. The SMILES string of the molecule is O=C1NN=C2CNCCC12NO. The van der Waals surface area contributed by atoms with Gasteiger partial charge in [-0.2, -0.15) is 10.6 Å². The molecule has 0 aromatic carbocycles. The summed E-state index contributed by atoms with van der Waals surface area (Å²) in [6, 6.07) is 0. The Balaban J connectivity index is 2.33.